The number of rotatable bonds is 12. The van der Waals surface area contributed by atoms with Crippen LogP contribution in [0.15, 0.2) is 89.0 Å². The van der Waals surface area contributed by atoms with Crippen molar-refractivity contribution < 1.29 is 36.2 Å². The fourth-order valence-corrected chi connectivity index (χ4v) is 6.83. The summed E-state index contributed by atoms with van der Waals surface area (Å²) in [6, 6.07) is 15.8. The Balaban J connectivity index is 1.55. The van der Waals surface area contributed by atoms with Crippen molar-refractivity contribution in [2.75, 3.05) is 4.72 Å². The molecule has 0 amide bonds. The number of aromatic nitrogens is 1. The van der Waals surface area contributed by atoms with E-state index in [-0.39, 0.29) is 23.4 Å². The van der Waals surface area contributed by atoms with Crippen LogP contribution in [0.25, 0.3) is 6.08 Å². The second-order valence-corrected chi connectivity index (χ2v) is 13.0. The summed E-state index contributed by atoms with van der Waals surface area (Å²) in [5.41, 5.74) is 1.04. The predicted molar refractivity (Wildman–Crippen MR) is 171 cm³/mol. The number of hydrogen-bond donors (Lipinski definition) is 2. The Kier molecular flexibility index (Phi) is 10.8. The molecule has 240 valence electrons. The molecular formula is C33H36F3N2O5PS. The molecule has 0 saturated heterocycles. The van der Waals surface area contributed by atoms with Gasteiger partial charge in [0.25, 0.3) is 10.0 Å². The van der Waals surface area contributed by atoms with E-state index in [1.54, 1.807) is 12.1 Å². The first-order valence-corrected chi connectivity index (χ1v) is 16.7. The van der Waals surface area contributed by atoms with Crippen LogP contribution < -0.4 is 4.72 Å². The molecule has 0 radical (unpaired) electrons. The molecule has 1 aliphatic rings. The van der Waals surface area contributed by atoms with E-state index in [9.17, 15) is 31.5 Å². The second kappa shape index (κ2) is 14.2. The van der Waals surface area contributed by atoms with E-state index in [4.69, 9.17) is 4.74 Å². The molecule has 3 aromatic rings. The van der Waals surface area contributed by atoms with Crippen molar-refractivity contribution in [2.24, 2.45) is 0 Å². The molecule has 0 aliphatic carbocycles. The molecule has 12 heteroatoms. The molecule has 0 saturated carbocycles. The molecular weight excluding hydrogens is 624 g/mol. The van der Waals surface area contributed by atoms with Gasteiger partial charge in [-0.1, -0.05) is 68.6 Å². The topological polar surface area (TPSA) is 106 Å². The van der Waals surface area contributed by atoms with Gasteiger partial charge in [-0.3, -0.25) is 4.72 Å². The van der Waals surface area contributed by atoms with E-state index >= 15 is 0 Å². The summed E-state index contributed by atoms with van der Waals surface area (Å²) < 4.78 is 72.9. The van der Waals surface area contributed by atoms with Gasteiger partial charge in [-0.05, 0) is 66.6 Å². The monoisotopic (exact) mass is 660 g/mol. The summed E-state index contributed by atoms with van der Waals surface area (Å²) >= 11 is 0. The Morgan fingerprint density at radius 1 is 1.11 bits per heavy atom. The van der Waals surface area contributed by atoms with Crippen molar-refractivity contribution in [1.29, 1.82) is 0 Å². The lowest BCUT2D eigenvalue weighted by molar-refractivity contribution is -0.161. The highest BCUT2D eigenvalue weighted by molar-refractivity contribution is 7.92. The van der Waals surface area contributed by atoms with Gasteiger partial charge in [-0.2, -0.15) is 21.6 Å². The number of sulfonamides is 1. The van der Waals surface area contributed by atoms with Gasteiger partial charge in [0.2, 0.25) is 0 Å². The third kappa shape index (κ3) is 8.32. The first-order chi connectivity index (χ1) is 21.3. The van der Waals surface area contributed by atoms with Crippen LogP contribution in [-0.2, 0) is 32.2 Å². The Bertz CT molecular complexity index is 1670. The zero-order valence-electron chi connectivity index (χ0n) is 25.0. The van der Waals surface area contributed by atoms with Crippen molar-refractivity contribution in [1.82, 2.24) is 4.98 Å². The smallest absolute Gasteiger partial charge is 0.417 e. The summed E-state index contributed by atoms with van der Waals surface area (Å²) in [4.78, 5) is 17.0. The maximum atomic E-state index is 13.5. The number of alkyl halides is 3. The molecule has 7 nitrogen and oxygen atoms in total. The predicted octanol–water partition coefficient (Wildman–Crippen LogP) is 8.17. The summed E-state index contributed by atoms with van der Waals surface area (Å²) in [6.07, 6.45) is 0.883. The Hall–Kier alpha value is -3.69. The van der Waals surface area contributed by atoms with Crippen molar-refractivity contribution in [3.8, 4) is 0 Å². The molecule has 4 rings (SSSR count). The average molecular weight is 661 g/mol. The van der Waals surface area contributed by atoms with E-state index < -0.39 is 44.3 Å². The van der Waals surface area contributed by atoms with Gasteiger partial charge in [-0.15, -0.1) is 9.24 Å². The van der Waals surface area contributed by atoms with Crippen LogP contribution in [0.1, 0.15) is 74.1 Å². The molecule has 1 aliphatic heterocycles. The summed E-state index contributed by atoms with van der Waals surface area (Å²) in [7, 11) is -1.77. The number of nitrogens with one attached hydrogen (secondary N) is 1. The average Bonchev–Trinajstić information content (AvgIpc) is 2.98. The number of nitrogens with zero attached hydrogens (tertiary/aromatic N) is 1. The van der Waals surface area contributed by atoms with Gasteiger partial charge in [-0.25, -0.2) is 9.78 Å². The molecule has 0 fully saturated rings. The molecule has 1 unspecified atom stereocenters. The third-order valence-corrected chi connectivity index (χ3v) is 9.30. The molecule has 2 heterocycles. The van der Waals surface area contributed by atoms with E-state index in [1.807, 2.05) is 50.0 Å². The minimum atomic E-state index is -4.65. The van der Waals surface area contributed by atoms with Crippen LogP contribution in [-0.4, -0.2) is 30.1 Å². The number of benzene rings is 2. The number of pyridine rings is 1. The number of carbonyl (C=O) groups is 1. The summed E-state index contributed by atoms with van der Waals surface area (Å²) in [5, 5.41) is 10.7. The zero-order chi connectivity index (χ0) is 32.8. The number of aliphatic hydroxyl groups is 1. The molecule has 0 bridgehead atoms. The van der Waals surface area contributed by atoms with Crippen LogP contribution >= 0.6 is 9.24 Å². The number of aryl methyl sites for hydroxylation is 1. The van der Waals surface area contributed by atoms with E-state index in [0.29, 0.717) is 43.5 Å². The molecule has 45 heavy (non-hydrogen) atoms. The van der Waals surface area contributed by atoms with Crippen LogP contribution in [0.5, 0.6) is 0 Å². The molecule has 1 aromatic heterocycles. The van der Waals surface area contributed by atoms with Crippen molar-refractivity contribution >= 4 is 37.0 Å². The SMILES string of the molecule is CCC[C@@]1(CCc2ccc(/C=C/P)cc2)CC(O)=C([C@H](CC)c2cccc(NS(=O)(=O)c3ccc(C(F)(F)F)cn3)c2)C(=O)O1. The summed E-state index contributed by atoms with van der Waals surface area (Å²) in [5.74, 6) is 0.633. The molecule has 3 atom stereocenters. The number of cyclic esters (lactones) is 1. The second-order valence-electron chi connectivity index (χ2n) is 11.0. The van der Waals surface area contributed by atoms with E-state index in [2.05, 4.69) is 18.9 Å². The van der Waals surface area contributed by atoms with E-state index in [0.717, 1.165) is 23.6 Å². The Morgan fingerprint density at radius 2 is 1.84 bits per heavy atom. The number of carbonyl (C=O) groups excluding carboxylic acids is 1. The van der Waals surface area contributed by atoms with Gasteiger partial charge in [0, 0.05) is 24.2 Å². The highest BCUT2D eigenvalue weighted by Gasteiger charge is 2.43. The quantitative estimate of drug-likeness (QED) is 0.150. The lowest BCUT2D eigenvalue weighted by Gasteiger charge is -2.38. The van der Waals surface area contributed by atoms with Gasteiger partial charge in [0.1, 0.15) is 11.4 Å². The van der Waals surface area contributed by atoms with Gasteiger partial charge in [0.15, 0.2) is 5.03 Å². The zero-order valence-corrected chi connectivity index (χ0v) is 26.9. The summed E-state index contributed by atoms with van der Waals surface area (Å²) in [6.45, 7) is 3.84. The van der Waals surface area contributed by atoms with Crippen LogP contribution in [0.2, 0.25) is 0 Å². The number of ether oxygens (including phenoxy) is 1. The van der Waals surface area contributed by atoms with Gasteiger partial charge >= 0.3 is 12.1 Å². The number of esters is 1. The first kappa shape index (κ1) is 34.2. The van der Waals surface area contributed by atoms with Gasteiger partial charge in [0.05, 0.1) is 11.1 Å². The van der Waals surface area contributed by atoms with E-state index in [1.165, 1.54) is 12.1 Å². The lowest BCUT2D eigenvalue weighted by Crippen LogP contribution is -2.41. The maximum absolute atomic E-state index is 13.5. The standard InChI is InChI=1S/C33H36F3N2O5PS/c1-3-16-32(17-14-22-8-10-23(11-9-22)15-18-44)20-28(39)30(31(40)43-32)27(4-2)24-6-5-7-26(19-24)38-45(41,42)29-13-12-25(21-37-29)33(34,35)36/h5-13,15,18-19,21,27,38-39H,3-4,14,16-17,20,44H2,1-2H3/b18-15+/t27-,32-/m1/s1. The highest BCUT2D eigenvalue weighted by Crippen LogP contribution is 2.42. The fraction of sp³-hybridized carbons (Fsp3) is 0.333. The number of hydrogen-bond acceptors (Lipinski definition) is 6. The van der Waals surface area contributed by atoms with Crippen LogP contribution in [0.3, 0.4) is 0 Å². The largest absolute Gasteiger partial charge is 0.512 e. The minimum Gasteiger partial charge on any atom is -0.512 e. The van der Waals surface area contributed by atoms with Crippen molar-refractivity contribution in [3.05, 3.63) is 106 Å². The molecule has 0 spiro atoms. The number of aliphatic hydroxyl groups excluding tert-OH is 1. The Morgan fingerprint density at radius 3 is 2.42 bits per heavy atom. The molecule has 2 N–H and O–H groups in total. The van der Waals surface area contributed by atoms with Crippen LogP contribution in [0.4, 0.5) is 18.9 Å². The fourth-order valence-electron chi connectivity index (χ4n) is 5.63. The maximum Gasteiger partial charge on any atom is 0.417 e. The number of halogens is 3. The minimum absolute atomic E-state index is 0.0487. The van der Waals surface area contributed by atoms with Gasteiger partial charge < -0.3 is 9.84 Å². The first-order valence-electron chi connectivity index (χ1n) is 14.6. The van der Waals surface area contributed by atoms with Crippen molar-refractivity contribution in [3.63, 3.8) is 0 Å². The third-order valence-electron chi connectivity index (χ3n) is 7.81. The molecule has 2 aromatic carbocycles. The lowest BCUT2D eigenvalue weighted by atomic mass is 9.80. The highest BCUT2D eigenvalue weighted by atomic mass is 32.2. The Labute approximate surface area is 263 Å². The van der Waals surface area contributed by atoms with Crippen molar-refractivity contribution in [2.45, 2.75) is 75.1 Å². The normalized spacial score (nSPS) is 18.2. The van der Waals surface area contributed by atoms with Crippen LogP contribution in [0, 0.1) is 0 Å². The number of anilines is 1.